The molecule has 0 spiro atoms. The van der Waals surface area contributed by atoms with Crippen molar-refractivity contribution in [2.75, 3.05) is 21.3 Å². The number of hydrogen-bond donors (Lipinski definition) is 6. The first kappa shape index (κ1) is 39.5. The molecule has 12 nitrogen and oxygen atoms in total. The SMILES string of the molecule is Cc1ccc(O)c(Cc2cc(O)c(C)c(NC(=O)c3cnc(Nc4ccnc(-c5ccc(F)cc5)c4)s3)c2C)c1NC(=O)c1cnc(Nc2nccc3ccc(F)cc23)s1. The molecule has 0 fully saturated rings. The number of aryl methyl sites for hydroxylation is 1. The molecule has 0 aliphatic carbocycles. The summed E-state index contributed by atoms with van der Waals surface area (Å²) < 4.78 is 27.5. The van der Waals surface area contributed by atoms with Gasteiger partial charge in [0.25, 0.3) is 11.8 Å². The van der Waals surface area contributed by atoms with Crippen LogP contribution >= 0.6 is 22.7 Å². The van der Waals surface area contributed by atoms with Gasteiger partial charge in [-0.15, -0.1) is 0 Å². The summed E-state index contributed by atoms with van der Waals surface area (Å²) >= 11 is 2.21. The molecule has 4 aromatic carbocycles. The molecule has 0 bridgehead atoms. The van der Waals surface area contributed by atoms with Crippen LogP contribution in [0.1, 0.15) is 47.2 Å². The summed E-state index contributed by atoms with van der Waals surface area (Å²) in [6.07, 6.45) is 6.16. The minimum atomic E-state index is -0.473. The van der Waals surface area contributed by atoms with Gasteiger partial charge in [0, 0.05) is 46.6 Å². The Hall–Kier alpha value is -7.30. The van der Waals surface area contributed by atoms with Crippen molar-refractivity contribution in [2.45, 2.75) is 27.2 Å². The standard InChI is InChI=1S/C44H34F2N8O4S2/c1-22-4-11-34(55)32(38(22)52-41(57)36-21-50-44(60-36)54-40-31-18-29(46)10-5-25(31)12-14-48-40)16-27-17-35(56)24(3)39(23(27)2)53-42(58)37-20-49-43(59-37)51-30-13-15-47-33(19-30)26-6-8-28(45)9-7-26/h4-15,17-21,55-56H,16H2,1-3H3,(H,52,57)(H,53,58)(H,47,49,51)(H,48,50,54). The second kappa shape index (κ2) is 16.5. The number of aromatic hydroxyl groups is 2. The Kier molecular flexibility index (Phi) is 10.9. The van der Waals surface area contributed by atoms with E-state index in [9.17, 15) is 28.6 Å². The van der Waals surface area contributed by atoms with Crippen LogP contribution in [0.5, 0.6) is 11.5 Å². The highest BCUT2D eigenvalue weighted by Gasteiger charge is 2.22. The molecule has 4 aromatic heterocycles. The van der Waals surface area contributed by atoms with Gasteiger partial charge < -0.3 is 31.5 Å². The van der Waals surface area contributed by atoms with Crippen molar-refractivity contribution in [2.24, 2.45) is 0 Å². The molecule has 0 aliphatic heterocycles. The van der Waals surface area contributed by atoms with Crippen molar-refractivity contribution in [1.82, 2.24) is 19.9 Å². The smallest absolute Gasteiger partial charge is 0.267 e. The number of nitrogens with one attached hydrogen (secondary N) is 4. The van der Waals surface area contributed by atoms with Crippen LogP contribution in [0, 0.1) is 32.4 Å². The highest BCUT2D eigenvalue weighted by Crippen LogP contribution is 2.38. The number of hydrogen-bond acceptors (Lipinski definition) is 12. The quantitative estimate of drug-likeness (QED) is 0.0735. The number of aromatic nitrogens is 4. The van der Waals surface area contributed by atoms with Crippen molar-refractivity contribution in [3.05, 3.63) is 153 Å². The molecule has 0 aliphatic rings. The minimum Gasteiger partial charge on any atom is -0.508 e. The summed E-state index contributed by atoms with van der Waals surface area (Å²) in [6, 6.07) is 20.5. The molecule has 300 valence electrons. The first-order chi connectivity index (χ1) is 28.9. The Balaban J connectivity index is 0.987. The molecule has 0 saturated carbocycles. The van der Waals surface area contributed by atoms with Gasteiger partial charge in [0.05, 0.1) is 29.5 Å². The van der Waals surface area contributed by atoms with E-state index in [0.29, 0.717) is 76.9 Å². The van der Waals surface area contributed by atoms with Crippen LogP contribution in [0.2, 0.25) is 0 Å². The highest BCUT2D eigenvalue weighted by atomic mass is 32.1. The number of phenolic OH excluding ortho intramolecular Hbond substituents is 2. The van der Waals surface area contributed by atoms with Crippen LogP contribution in [0.4, 0.5) is 41.9 Å². The lowest BCUT2D eigenvalue weighted by molar-refractivity contribution is 0.102. The summed E-state index contributed by atoms with van der Waals surface area (Å²) in [5.41, 5.74) is 5.56. The lowest BCUT2D eigenvalue weighted by Gasteiger charge is -2.19. The summed E-state index contributed by atoms with van der Waals surface area (Å²) in [6.45, 7) is 5.29. The molecule has 8 rings (SSSR count). The fourth-order valence-electron chi connectivity index (χ4n) is 6.60. The number of thiazole rings is 2. The molecule has 0 unspecified atom stereocenters. The summed E-state index contributed by atoms with van der Waals surface area (Å²) in [4.78, 5) is 45.2. The second-order valence-corrected chi connectivity index (χ2v) is 15.9. The van der Waals surface area contributed by atoms with E-state index in [4.69, 9.17) is 0 Å². The van der Waals surface area contributed by atoms with E-state index in [1.807, 2.05) is 0 Å². The molecular weight excluding hydrogens is 807 g/mol. The van der Waals surface area contributed by atoms with E-state index < -0.39 is 17.6 Å². The van der Waals surface area contributed by atoms with Crippen LogP contribution in [-0.4, -0.2) is 42.0 Å². The number of phenols is 2. The van der Waals surface area contributed by atoms with Crippen LogP contribution in [0.25, 0.3) is 22.0 Å². The van der Waals surface area contributed by atoms with Crippen LogP contribution in [0.15, 0.2) is 104 Å². The zero-order valence-corrected chi connectivity index (χ0v) is 33.7. The zero-order chi connectivity index (χ0) is 42.1. The van der Waals surface area contributed by atoms with E-state index in [1.165, 1.54) is 42.7 Å². The number of pyridine rings is 2. The monoisotopic (exact) mass is 840 g/mol. The predicted molar refractivity (Wildman–Crippen MR) is 231 cm³/mol. The lowest BCUT2D eigenvalue weighted by Crippen LogP contribution is -2.15. The molecular formula is C44H34F2N8O4S2. The van der Waals surface area contributed by atoms with Gasteiger partial charge in [-0.3, -0.25) is 14.6 Å². The van der Waals surface area contributed by atoms with Gasteiger partial charge in [0.2, 0.25) is 0 Å². The van der Waals surface area contributed by atoms with Gasteiger partial charge in [-0.05, 0) is 110 Å². The normalized spacial score (nSPS) is 11.1. The number of amides is 2. The average molecular weight is 841 g/mol. The van der Waals surface area contributed by atoms with Gasteiger partial charge in [0.1, 0.15) is 38.7 Å². The summed E-state index contributed by atoms with van der Waals surface area (Å²) in [5.74, 6) is -1.43. The van der Waals surface area contributed by atoms with Gasteiger partial charge in [-0.2, -0.15) is 0 Å². The Morgan fingerprint density at radius 2 is 1.33 bits per heavy atom. The third-order valence-electron chi connectivity index (χ3n) is 9.83. The molecule has 0 saturated heterocycles. The Morgan fingerprint density at radius 1 is 0.667 bits per heavy atom. The molecule has 6 N–H and O–H groups in total. The van der Waals surface area contributed by atoms with Crippen molar-refractivity contribution >= 4 is 78.4 Å². The van der Waals surface area contributed by atoms with Crippen LogP contribution < -0.4 is 21.3 Å². The van der Waals surface area contributed by atoms with E-state index >= 15 is 0 Å². The van der Waals surface area contributed by atoms with Gasteiger partial charge in [0.15, 0.2) is 10.3 Å². The Morgan fingerprint density at radius 3 is 2.07 bits per heavy atom. The maximum Gasteiger partial charge on any atom is 0.267 e. The molecule has 60 heavy (non-hydrogen) atoms. The first-order valence-corrected chi connectivity index (χ1v) is 20.0. The minimum absolute atomic E-state index is 0.0713. The second-order valence-electron chi connectivity index (χ2n) is 13.8. The summed E-state index contributed by atoms with van der Waals surface area (Å²) in [5, 5.41) is 36.5. The van der Waals surface area contributed by atoms with Gasteiger partial charge in [-0.25, -0.2) is 23.7 Å². The maximum absolute atomic E-state index is 14.0. The van der Waals surface area contributed by atoms with Crippen LogP contribution in [0.3, 0.4) is 0 Å². The lowest BCUT2D eigenvalue weighted by atomic mass is 9.93. The number of carbonyl (C=O) groups is 2. The number of carbonyl (C=O) groups excluding carboxylic acids is 2. The zero-order valence-electron chi connectivity index (χ0n) is 32.1. The van der Waals surface area contributed by atoms with E-state index in [2.05, 4.69) is 41.2 Å². The predicted octanol–water partition coefficient (Wildman–Crippen LogP) is 10.4. The van der Waals surface area contributed by atoms with Crippen molar-refractivity contribution in [3.63, 3.8) is 0 Å². The molecule has 16 heteroatoms. The van der Waals surface area contributed by atoms with Crippen LogP contribution in [-0.2, 0) is 6.42 Å². The fraction of sp³-hybridized carbons (Fsp3) is 0.0909. The number of fused-ring (bicyclic) bond motifs is 1. The number of nitrogens with zero attached hydrogens (tertiary/aromatic N) is 4. The van der Waals surface area contributed by atoms with Crippen molar-refractivity contribution in [1.29, 1.82) is 0 Å². The molecule has 4 heterocycles. The van der Waals surface area contributed by atoms with Gasteiger partial charge >= 0.3 is 0 Å². The molecule has 8 aromatic rings. The molecule has 0 atom stereocenters. The topological polar surface area (TPSA) is 174 Å². The number of benzene rings is 4. The Bertz CT molecular complexity index is 2950. The highest BCUT2D eigenvalue weighted by molar-refractivity contribution is 7.18. The number of anilines is 6. The third kappa shape index (κ3) is 8.32. The fourth-order valence-corrected chi connectivity index (χ4v) is 8.04. The largest absolute Gasteiger partial charge is 0.508 e. The van der Waals surface area contributed by atoms with Gasteiger partial charge in [-0.1, -0.05) is 34.8 Å². The van der Waals surface area contributed by atoms with E-state index in [-0.39, 0.29) is 28.6 Å². The maximum atomic E-state index is 14.0. The first-order valence-electron chi connectivity index (χ1n) is 18.4. The average Bonchev–Trinajstić information content (AvgIpc) is 3.92. The molecule has 0 radical (unpaired) electrons. The Labute approximate surface area is 349 Å². The van der Waals surface area contributed by atoms with E-state index in [0.717, 1.165) is 33.6 Å². The van der Waals surface area contributed by atoms with E-state index in [1.54, 1.807) is 81.7 Å². The third-order valence-corrected chi connectivity index (χ3v) is 11.7. The van der Waals surface area contributed by atoms with Crippen molar-refractivity contribution in [3.8, 4) is 22.8 Å². The number of rotatable bonds is 11. The van der Waals surface area contributed by atoms with Crippen molar-refractivity contribution < 1.29 is 28.6 Å². The molecule has 2 amide bonds. The summed E-state index contributed by atoms with van der Waals surface area (Å²) in [7, 11) is 0. The number of halogens is 2.